The van der Waals surface area contributed by atoms with Crippen LogP contribution in [0.15, 0.2) is 0 Å². The molecule has 0 aromatic rings. The zero-order valence-corrected chi connectivity index (χ0v) is 11.3. The number of amides is 3. The van der Waals surface area contributed by atoms with Crippen molar-refractivity contribution < 1.29 is 14.4 Å². The molecule has 2 rings (SSSR count). The van der Waals surface area contributed by atoms with E-state index in [9.17, 15) is 14.4 Å². The summed E-state index contributed by atoms with van der Waals surface area (Å²) in [7, 11) is 1.59. The molecule has 2 bridgehead atoms. The Morgan fingerprint density at radius 3 is 1.89 bits per heavy atom. The van der Waals surface area contributed by atoms with Gasteiger partial charge in [0.1, 0.15) is 0 Å². The fourth-order valence-electron chi connectivity index (χ4n) is 3.96. The maximum absolute atomic E-state index is 12.1. The van der Waals surface area contributed by atoms with Gasteiger partial charge in [0, 0.05) is 23.3 Å². The molecule has 100 valence electrons. The molecule has 2 unspecified atom stereocenters. The minimum atomic E-state index is -0.663. The van der Waals surface area contributed by atoms with E-state index in [0.29, 0.717) is 19.3 Å². The third-order valence-corrected chi connectivity index (χ3v) is 4.44. The molecule has 0 radical (unpaired) electrons. The molecule has 2 N–H and O–H groups in total. The summed E-state index contributed by atoms with van der Waals surface area (Å²) in [5.41, 5.74) is -1.94. The molecule has 2 atom stereocenters. The Balaban J connectivity index is 2.45. The van der Waals surface area contributed by atoms with Gasteiger partial charge >= 0.3 is 0 Å². The topological polar surface area (TPSA) is 75.3 Å². The summed E-state index contributed by atoms with van der Waals surface area (Å²) in [6.07, 6.45) is 1.49. The lowest BCUT2D eigenvalue weighted by Crippen LogP contribution is -2.63. The van der Waals surface area contributed by atoms with Gasteiger partial charge in [0.2, 0.25) is 17.7 Å². The highest BCUT2D eigenvalue weighted by Crippen LogP contribution is 2.56. The third kappa shape index (κ3) is 1.64. The SMILES string of the molecule is CNC(=O)C1(C)CC2(C)CC(C)(C1)C(=O)NC2=O. The van der Waals surface area contributed by atoms with E-state index in [1.54, 1.807) is 7.05 Å². The molecule has 5 heteroatoms. The number of fused-ring (bicyclic) bond motifs is 2. The number of hydrogen-bond donors (Lipinski definition) is 2. The van der Waals surface area contributed by atoms with Gasteiger partial charge in [0.25, 0.3) is 0 Å². The summed E-state index contributed by atoms with van der Waals surface area (Å²) in [6, 6.07) is 0. The van der Waals surface area contributed by atoms with Crippen molar-refractivity contribution in [2.75, 3.05) is 7.05 Å². The van der Waals surface area contributed by atoms with Crippen molar-refractivity contribution in [1.29, 1.82) is 0 Å². The maximum Gasteiger partial charge on any atom is 0.232 e. The smallest absolute Gasteiger partial charge is 0.232 e. The minimum absolute atomic E-state index is 0.0952. The maximum atomic E-state index is 12.1. The van der Waals surface area contributed by atoms with Crippen molar-refractivity contribution in [3.8, 4) is 0 Å². The molecule has 2 aliphatic rings. The van der Waals surface area contributed by atoms with Crippen LogP contribution in [0.2, 0.25) is 0 Å². The van der Waals surface area contributed by atoms with Crippen molar-refractivity contribution in [2.45, 2.75) is 40.0 Å². The Labute approximate surface area is 107 Å². The van der Waals surface area contributed by atoms with E-state index >= 15 is 0 Å². The van der Waals surface area contributed by atoms with E-state index in [1.807, 2.05) is 20.8 Å². The molecule has 3 amide bonds. The summed E-state index contributed by atoms with van der Waals surface area (Å²) >= 11 is 0. The van der Waals surface area contributed by atoms with E-state index < -0.39 is 16.2 Å². The van der Waals surface area contributed by atoms with Gasteiger partial charge in [-0.05, 0) is 19.3 Å². The molecular formula is C13H20N2O3. The number of carbonyl (C=O) groups is 3. The van der Waals surface area contributed by atoms with Gasteiger partial charge in [-0.15, -0.1) is 0 Å². The highest BCUT2D eigenvalue weighted by Gasteiger charge is 2.60. The summed E-state index contributed by atoms with van der Waals surface area (Å²) in [5.74, 6) is -0.596. The second-order valence-corrected chi connectivity index (χ2v) is 6.57. The van der Waals surface area contributed by atoms with E-state index in [-0.39, 0.29) is 17.7 Å². The number of imide groups is 1. The van der Waals surface area contributed by atoms with E-state index in [2.05, 4.69) is 10.6 Å². The van der Waals surface area contributed by atoms with Gasteiger partial charge in [0.15, 0.2) is 0 Å². The van der Waals surface area contributed by atoms with Crippen LogP contribution in [0.25, 0.3) is 0 Å². The molecule has 1 aliphatic heterocycles. The van der Waals surface area contributed by atoms with Crippen molar-refractivity contribution in [1.82, 2.24) is 10.6 Å². The van der Waals surface area contributed by atoms with Crippen LogP contribution in [0.4, 0.5) is 0 Å². The van der Waals surface area contributed by atoms with Crippen molar-refractivity contribution in [2.24, 2.45) is 16.2 Å². The van der Waals surface area contributed by atoms with Crippen molar-refractivity contribution in [3.05, 3.63) is 0 Å². The molecule has 1 aliphatic carbocycles. The Morgan fingerprint density at radius 2 is 1.50 bits per heavy atom. The van der Waals surface area contributed by atoms with Crippen LogP contribution in [0.3, 0.4) is 0 Å². The Kier molecular flexibility index (Phi) is 2.58. The number of rotatable bonds is 1. The van der Waals surface area contributed by atoms with Crippen molar-refractivity contribution in [3.63, 3.8) is 0 Å². The van der Waals surface area contributed by atoms with Crippen LogP contribution < -0.4 is 10.6 Å². The minimum Gasteiger partial charge on any atom is -0.359 e. The second-order valence-electron chi connectivity index (χ2n) is 6.57. The first-order valence-corrected chi connectivity index (χ1v) is 6.23. The van der Waals surface area contributed by atoms with Crippen LogP contribution >= 0.6 is 0 Å². The van der Waals surface area contributed by atoms with Crippen LogP contribution in [0, 0.1) is 16.2 Å². The molecule has 1 heterocycles. The molecule has 1 saturated heterocycles. The normalized spacial score (nSPS) is 43.3. The predicted octanol–water partition coefficient (Wildman–Crippen LogP) is 0.592. The van der Waals surface area contributed by atoms with Crippen LogP contribution in [0.1, 0.15) is 40.0 Å². The highest BCUT2D eigenvalue weighted by molar-refractivity contribution is 6.04. The quantitative estimate of drug-likeness (QED) is 0.671. The molecule has 1 saturated carbocycles. The van der Waals surface area contributed by atoms with Gasteiger partial charge in [-0.2, -0.15) is 0 Å². The summed E-state index contributed by atoms with van der Waals surface area (Å²) in [4.78, 5) is 36.1. The Hall–Kier alpha value is -1.39. The van der Waals surface area contributed by atoms with Gasteiger partial charge in [-0.25, -0.2) is 0 Å². The molecule has 2 fully saturated rings. The average molecular weight is 252 g/mol. The second kappa shape index (κ2) is 3.56. The lowest BCUT2D eigenvalue weighted by Gasteiger charge is -2.53. The number of hydrogen-bond acceptors (Lipinski definition) is 3. The van der Waals surface area contributed by atoms with E-state index in [0.717, 1.165) is 0 Å². The Morgan fingerprint density at radius 1 is 1.06 bits per heavy atom. The van der Waals surface area contributed by atoms with Gasteiger partial charge in [0.05, 0.1) is 0 Å². The van der Waals surface area contributed by atoms with E-state index in [4.69, 9.17) is 0 Å². The molecule has 0 aromatic carbocycles. The largest absolute Gasteiger partial charge is 0.359 e. The molecule has 18 heavy (non-hydrogen) atoms. The Bertz CT molecular complexity index is 418. The monoisotopic (exact) mass is 252 g/mol. The number of piperidine rings is 1. The summed E-state index contributed by atoms with van der Waals surface area (Å²) in [5, 5.41) is 5.09. The highest BCUT2D eigenvalue weighted by atomic mass is 16.2. The fraction of sp³-hybridized carbons (Fsp3) is 0.769. The van der Waals surface area contributed by atoms with Gasteiger partial charge in [-0.1, -0.05) is 20.8 Å². The first kappa shape index (κ1) is 13.1. The van der Waals surface area contributed by atoms with Crippen LogP contribution in [-0.4, -0.2) is 24.8 Å². The predicted molar refractivity (Wildman–Crippen MR) is 65.4 cm³/mol. The number of carbonyl (C=O) groups excluding carboxylic acids is 3. The van der Waals surface area contributed by atoms with E-state index in [1.165, 1.54) is 0 Å². The number of nitrogens with one attached hydrogen (secondary N) is 2. The van der Waals surface area contributed by atoms with Crippen molar-refractivity contribution >= 4 is 17.7 Å². The molecule has 5 nitrogen and oxygen atoms in total. The standard InChI is InChI=1S/C13H20N2O3/c1-11(8(16)14-4)5-12(2)7-13(3,6-11)10(18)15-9(12)17/h5-7H2,1-4H3,(H,14,16)(H,15,17,18). The lowest BCUT2D eigenvalue weighted by atomic mass is 9.52. The average Bonchev–Trinajstić information content (AvgIpc) is 2.24. The summed E-state index contributed by atoms with van der Waals surface area (Å²) in [6.45, 7) is 5.52. The van der Waals surface area contributed by atoms with Crippen LogP contribution in [-0.2, 0) is 14.4 Å². The molecular weight excluding hydrogens is 232 g/mol. The van der Waals surface area contributed by atoms with Gasteiger partial charge < -0.3 is 5.32 Å². The van der Waals surface area contributed by atoms with Gasteiger partial charge in [-0.3, -0.25) is 19.7 Å². The molecule has 0 spiro atoms. The first-order chi connectivity index (χ1) is 8.15. The first-order valence-electron chi connectivity index (χ1n) is 6.23. The molecule has 0 aromatic heterocycles. The fourth-order valence-corrected chi connectivity index (χ4v) is 3.96. The lowest BCUT2D eigenvalue weighted by molar-refractivity contribution is -0.164. The van der Waals surface area contributed by atoms with Crippen LogP contribution in [0.5, 0.6) is 0 Å². The zero-order valence-electron chi connectivity index (χ0n) is 11.3. The third-order valence-electron chi connectivity index (χ3n) is 4.44. The zero-order chi connectivity index (χ0) is 13.8. The summed E-state index contributed by atoms with van der Waals surface area (Å²) < 4.78 is 0.